The van der Waals surface area contributed by atoms with Gasteiger partial charge in [-0.2, -0.15) is 0 Å². The van der Waals surface area contributed by atoms with Gasteiger partial charge in [0.15, 0.2) is 6.29 Å². The molecule has 4 unspecified atom stereocenters. The summed E-state index contributed by atoms with van der Waals surface area (Å²) >= 11 is 0. The third-order valence-corrected chi connectivity index (χ3v) is 3.12. The number of benzene rings is 1. The number of hydrogen-bond donors (Lipinski definition) is 1. The second-order valence-corrected chi connectivity index (χ2v) is 4.27. The Balaban J connectivity index is 0.00000120. The van der Waals surface area contributed by atoms with Crippen LogP contribution in [0.5, 0.6) is 0 Å². The van der Waals surface area contributed by atoms with E-state index in [0.717, 1.165) is 5.56 Å². The molecule has 5 heteroatoms. The molecule has 0 aromatic heterocycles. The number of aliphatic hydroxyl groups is 1. The average molecular weight is 473 g/mol. The summed E-state index contributed by atoms with van der Waals surface area (Å²) in [5.41, 5.74) is 0.962. The van der Waals surface area contributed by atoms with Gasteiger partial charge in [0.05, 0.1) is 12.7 Å². The Labute approximate surface area is 130 Å². The van der Waals surface area contributed by atoms with Crippen molar-refractivity contribution in [3.05, 3.63) is 42.3 Å². The summed E-state index contributed by atoms with van der Waals surface area (Å²) in [5.74, 6) is 0. The first-order chi connectivity index (χ1) is 8.34. The van der Waals surface area contributed by atoms with Crippen LogP contribution >= 0.6 is 0 Å². The minimum atomic E-state index is -0.580. The van der Waals surface area contributed by atoms with Crippen molar-refractivity contribution < 1.29 is 50.4 Å². The summed E-state index contributed by atoms with van der Waals surface area (Å²) in [6.45, 7) is 0.903. The molecule has 3 rings (SSSR count). The summed E-state index contributed by atoms with van der Waals surface area (Å²) in [6, 6.07) is 9.72. The van der Waals surface area contributed by atoms with E-state index >= 15 is 0 Å². The fourth-order valence-electron chi connectivity index (χ4n) is 2.19. The second kappa shape index (κ2) is 6.52. The van der Waals surface area contributed by atoms with Gasteiger partial charge in [-0.05, 0) is 6.10 Å². The normalized spacial score (nSPS) is 35.4. The summed E-state index contributed by atoms with van der Waals surface area (Å²) in [7, 11) is 0. The van der Waals surface area contributed by atoms with E-state index in [2.05, 4.69) is 0 Å². The van der Waals surface area contributed by atoms with Crippen LogP contribution in [0.15, 0.2) is 30.3 Å². The molecule has 0 aliphatic carbocycles. The fraction of sp³-hybridized carbons (Fsp3) is 0.462. The standard InChI is InChI=1S/C13H15O4.U/c14-10-6-7-15-11-8-16-13(17-12(10)11)9-4-2-1-3-5-9;/h1-6,10-14H,7-8H2;/q-1;. The molecule has 2 aliphatic heterocycles. The molecule has 4 atom stereocenters. The number of rotatable bonds is 1. The molecular weight excluding hydrogens is 458 g/mol. The molecule has 0 saturated carbocycles. The third kappa shape index (κ3) is 2.98. The van der Waals surface area contributed by atoms with E-state index in [0.29, 0.717) is 13.2 Å². The van der Waals surface area contributed by atoms with Crippen molar-refractivity contribution >= 4 is 0 Å². The largest absolute Gasteiger partial charge is 0.422 e. The maximum atomic E-state index is 9.85. The Morgan fingerprint density at radius 2 is 1.94 bits per heavy atom. The monoisotopic (exact) mass is 473 g/mol. The van der Waals surface area contributed by atoms with Gasteiger partial charge in [-0.15, -0.1) is 0 Å². The minimum absolute atomic E-state index is 0. The molecule has 18 heavy (non-hydrogen) atoms. The van der Waals surface area contributed by atoms with E-state index in [4.69, 9.17) is 14.2 Å². The van der Waals surface area contributed by atoms with E-state index in [1.54, 1.807) is 6.42 Å². The Bertz CT molecular complexity index is 373. The van der Waals surface area contributed by atoms with Crippen LogP contribution in [0.4, 0.5) is 0 Å². The summed E-state index contributed by atoms with van der Waals surface area (Å²) in [4.78, 5) is 0. The maximum Gasteiger partial charge on any atom is 0.184 e. The van der Waals surface area contributed by atoms with E-state index in [9.17, 15) is 5.11 Å². The van der Waals surface area contributed by atoms with Gasteiger partial charge in [0.2, 0.25) is 0 Å². The molecule has 1 aromatic rings. The van der Waals surface area contributed by atoms with Gasteiger partial charge >= 0.3 is 0 Å². The topological polar surface area (TPSA) is 47.9 Å². The van der Waals surface area contributed by atoms with E-state index in [1.165, 1.54) is 0 Å². The molecule has 96 valence electrons. The van der Waals surface area contributed by atoms with Gasteiger partial charge in [-0.3, -0.25) is 6.42 Å². The van der Waals surface area contributed by atoms with Gasteiger partial charge in [-0.25, -0.2) is 0 Å². The third-order valence-electron chi connectivity index (χ3n) is 3.12. The Kier molecular flexibility index (Phi) is 5.26. The van der Waals surface area contributed by atoms with Gasteiger partial charge in [0.25, 0.3) is 0 Å². The molecule has 0 radical (unpaired) electrons. The predicted molar refractivity (Wildman–Crippen MR) is 60.1 cm³/mol. The van der Waals surface area contributed by atoms with Gasteiger partial charge in [0.1, 0.15) is 6.10 Å². The van der Waals surface area contributed by atoms with Crippen LogP contribution in [0.1, 0.15) is 11.9 Å². The molecule has 0 amide bonds. The van der Waals surface area contributed by atoms with Crippen molar-refractivity contribution in [1.82, 2.24) is 0 Å². The van der Waals surface area contributed by atoms with Crippen molar-refractivity contribution in [3.63, 3.8) is 0 Å². The number of fused-ring (bicyclic) bond motifs is 1. The number of aliphatic hydroxyl groups excluding tert-OH is 1. The van der Waals surface area contributed by atoms with E-state index in [-0.39, 0.29) is 43.3 Å². The molecule has 4 nitrogen and oxygen atoms in total. The van der Waals surface area contributed by atoms with Crippen LogP contribution in [-0.2, 0) is 14.2 Å². The summed E-state index contributed by atoms with van der Waals surface area (Å²) in [6.07, 6.45) is 0.220. The molecular formula is C13H15O4U-. The Hall–Kier alpha value is 0.112. The summed E-state index contributed by atoms with van der Waals surface area (Å²) < 4.78 is 16.8. The van der Waals surface area contributed by atoms with Crippen molar-refractivity contribution in [3.8, 4) is 0 Å². The Morgan fingerprint density at radius 1 is 1.17 bits per heavy atom. The number of hydrogen-bond acceptors (Lipinski definition) is 4. The van der Waals surface area contributed by atoms with Crippen molar-refractivity contribution in [2.75, 3.05) is 13.2 Å². The van der Waals surface area contributed by atoms with Crippen LogP contribution in [-0.4, -0.2) is 36.6 Å². The fourth-order valence-corrected chi connectivity index (χ4v) is 2.19. The van der Waals surface area contributed by atoms with Crippen molar-refractivity contribution in [2.24, 2.45) is 0 Å². The molecule has 0 bridgehead atoms. The SMILES string of the molecule is OC1[CH-]COC2COC(c3ccccc3)OC12.[U]. The first-order valence-electron chi connectivity index (χ1n) is 5.79. The zero-order valence-corrected chi connectivity index (χ0v) is 14.0. The second-order valence-electron chi connectivity index (χ2n) is 4.27. The minimum Gasteiger partial charge on any atom is -0.422 e. The molecule has 0 spiro atoms. The summed E-state index contributed by atoms with van der Waals surface area (Å²) in [5, 5.41) is 9.85. The van der Waals surface area contributed by atoms with Crippen LogP contribution < -0.4 is 0 Å². The zero-order chi connectivity index (χ0) is 11.7. The van der Waals surface area contributed by atoms with Gasteiger partial charge in [-0.1, -0.05) is 36.9 Å². The quantitative estimate of drug-likeness (QED) is 0.621. The van der Waals surface area contributed by atoms with Crippen LogP contribution in [0.3, 0.4) is 0 Å². The van der Waals surface area contributed by atoms with Gasteiger partial charge < -0.3 is 19.3 Å². The molecule has 1 aromatic carbocycles. The van der Waals surface area contributed by atoms with E-state index in [1.807, 2.05) is 30.3 Å². The molecule has 2 saturated heterocycles. The van der Waals surface area contributed by atoms with Crippen molar-refractivity contribution in [1.29, 1.82) is 0 Å². The van der Waals surface area contributed by atoms with Gasteiger partial charge in [0, 0.05) is 36.7 Å². The Morgan fingerprint density at radius 3 is 2.72 bits per heavy atom. The van der Waals surface area contributed by atoms with Crippen LogP contribution in [0.25, 0.3) is 0 Å². The van der Waals surface area contributed by atoms with Crippen LogP contribution in [0, 0.1) is 37.5 Å². The number of ether oxygens (including phenoxy) is 3. The zero-order valence-electron chi connectivity index (χ0n) is 9.86. The van der Waals surface area contributed by atoms with E-state index < -0.39 is 12.4 Å². The molecule has 2 aliphatic rings. The first-order valence-corrected chi connectivity index (χ1v) is 5.79. The van der Waals surface area contributed by atoms with Crippen LogP contribution in [0.2, 0.25) is 0 Å². The molecule has 1 N–H and O–H groups in total. The average Bonchev–Trinajstić information content (AvgIpc) is 2.40. The first kappa shape index (κ1) is 14.5. The maximum absolute atomic E-state index is 9.85. The predicted octanol–water partition coefficient (Wildman–Crippen LogP) is 1.06. The van der Waals surface area contributed by atoms with Crippen molar-refractivity contribution in [2.45, 2.75) is 24.6 Å². The smallest absolute Gasteiger partial charge is 0.184 e. The molecule has 2 fully saturated rings. The molecule has 2 heterocycles.